The van der Waals surface area contributed by atoms with Gasteiger partial charge in [-0.3, -0.25) is 4.79 Å². The van der Waals surface area contributed by atoms with E-state index in [2.05, 4.69) is 16.6 Å². The van der Waals surface area contributed by atoms with Crippen molar-refractivity contribution in [1.82, 2.24) is 10.6 Å². The van der Waals surface area contributed by atoms with Gasteiger partial charge < -0.3 is 15.7 Å². The molecular formula is C11H18N2O3. The second-order valence-corrected chi connectivity index (χ2v) is 3.63. The summed E-state index contributed by atoms with van der Waals surface area (Å²) in [4.78, 5) is 21.5. The van der Waals surface area contributed by atoms with Crippen LogP contribution >= 0.6 is 0 Å². The number of carboxylic acids is 1. The number of hydrogen-bond donors (Lipinski definition) is 3. The van der Waals surface area contributed by atoms with Gasteiger partial charge in [-0.25, -0.2) is 4.79 Å². The summed E-state index contributed by atoms with van der Waals surface area (Å²) >= 11 is 0. The first kappa shape index (κ1) is 14.3. The maximum Gasteiger partial charge on any atom is 0.314 e. The average molecular weight is 226 g/mol. The molecule has 5 nitrogen and oxygen atoms in total. The highest BCUT2D eigenvalue weighted by molar-refractivity contribution is 5.73. The highest BCUT2D eigenvalue weighted by atomic mass is 16.4. The fourth-order valence-electron chi connectivity index (χ4n) is 1.05. The summed E-state index contributed by atoms with van der Waals surface area (Å²) in [5.41, 5.74) is 0. The van der Waals surface area contributed by atoms with Gasteiger partial charge in [0.15, 0.2) is 0 Å². The molecule has 0 radical (unpaired) electrons. The van der Waals surface area contributed by atoms with E-state index >= 15 is 0 Å². The van der Waals surface area contributed by atoms with Crippen LogP contribution in [-0.2, 0) is 4.79 Å². The van der Waals surface area contributed by atoms with Crippen molar-refractivity contribution in [3.8, 4) is 12.3 Å². The van der Waals surface area contributed by atoms with Gasteiger partial charge in [-0.15, -0.1) is 12.3 Å². The van der Waals surface area contributed by atoms with Gasteiger partial charge in [0.1, 0.15) is 0 Å². The molecule has 0 saturated heterocycles. The van der Waals surface area contributed by atoms with Crippen molar-refractivity contribution in [3.63, 3.8) is 0 Å². The van der Waals surface area contributed by atoms with Crippen LogP contribution < -0.4 is 10.6 Å². The van der Waals surface area contributed by atoms with Crippen molar-refractivity contribution in [3.05, 3.63) is 0 Å². The number of rotatable bonds is 7. The quantitative estimate of drug-likeness (QED) is 0.444. The molecule has 0 rings (SSSR count). The third-order valence-electron chi connectivity index (χ3n) is 2.02. The van der Waals surface area contributed by atoms with Crippen LogP contribution in [0.3, 0.4) is 0 Å². The molecule has 0 aliphatic heterocycles. The zero-order valence-electron chi connectivity index (χ0n) is 9.45. The van der Waals surface area contributed by atoms with Gasteiger partial charge in [0.2, 0.25) is 0 Å². The molecule has 2 amide bonds. The van der Waals surface area contributed by atoms with Crippen LogP contribution in [0.15, 0.2) is 0 Å². The standard InChI is InChI=1S/C11H18N2O3/c1-3-4-7-12-11(16)13-8-9(2)5-6-10(14)15/h1,9H,4-8H2,2H3,(H,14,15)(H2,12,13,16). The number of hydrogen-bond acceptors (Lipinski definition) is 2. The Bertz CT molecular complexity index is 271. The lowest BCUT2D eigenvalue weighted by Crippen LogP contribution is -2.38. The number of nitrogens with one attached hydrogen (secondary N) is 2. The molecule has 0 fully saturated rings. The summed E-state index contributed by atoms with van der Waals surface area (Å²) in [5, 5.41) is 13.7. The highest BCUT2D eigenvalue weighted by Crippen LogP contribution is 2.03. The van der Waals surface area contributed by atoms with Gasteiger partial charge in [0.05, 0.1) is 0 Å². The summed E-state index contributed by atoms with van der Waals surface area (Å²) in [6, 6.07) is -0.266. The van der Waals surface area contributed by atoms with E-state index in [1.54, 1.807) is 0 Å². The van der Waals surface area contributed by atoms with Gasteiger partial charge in [-0.2, -0.15) is 0 Å². The largest absolute Gasteiger partial charge is 0.481 e. The van der Waals surface area contributed by atoms with Gasteiger partial charge in [-0.1, -0.05) is 6.92 Å². The fourth-order valence-corrected chi connectivity index (χ4v) is 1.05. The highest BCUT2D eigenvalue weighted by Gasteiger charge is 2.06. The molecule has 1 atom stereocenters. The predicted octanol–water partition coefficient (Wildman–Crippen LogP) is 0.810. The first-order valence-electron chi connectivity index (χ1n) is 5.23. The Balaban J connectivity index is 3.51. The lowest BCUT2D eigenvalue weighted by Gasteiger charge is -2.11. The van der Waals surface area contributed by atoms with Crippen LogP contribution in [-0.4, -0.2) is 30.2 Å². The van der Waals surface area contributed by atoms with Gasteiger partial charge in [-0.05, 0) is 12.3 Å². The minimum atomic E-state index is -0.815. The Morgan fingerprint density at radius 1 is 1.44 bits per heavy atom. The molecule has 0 aromatic rings. The number of amides is 2. The molecule has 0 bridgehead atoms. The predicted molar refractivity (Wildman–Crippen MR) is 60.9 cm³/mol. The van der Waals surface area contributed by atoms with Crippen LogP contribution in [0.1, 0.15) is 26.2 Å². The topological polar surface area (TPSA) is 78.4 Å². The summed E-state index contributed by atoms with van der Waals surface area (Å²) in [6.45, 7) is 2.81. The number of carboxylic acid groups (broad SMARTS) is 1. The molecule has 0 aromatic heterocycles. The molecule has 5 heteroatoms. The molecule has 90 valence electrons. The van der Waals surface area contributed by atoms with Crippen LogP contribution in [0.25, 0.3) is 0 Å². The van der Waals surface area contributed by atoms with E-state index in [-0.39, 0.29) is 18.4 Å². The first-order chi connectivity index (χ1) is 7.56. The number of aliphatic carboxylic acids is 1. The maximum absolute atomic E-state index is 11.2. The van der Waals surface area contributed by atoms with Crippen molar-refractivity contribution in [1.29, 1.82) is 0 Å². The van der Waals surface area contributed by atoms with Gasteiger partial charge in [0, 0.05) is 25.9 Å². The Morgan fingerprint density at radius 2 is 2.12 bits per heavy atom. The average Bonchev–Trinajstić information content (AvgIpc) is 2.24. The zero-order chi connectivity index (χ0) is 12.4. The van der Waals surface area contributed by atoms with Gasteiger partial charge >= 0.3 is 12.0 Å². The normalized spacial score (nSPS) is 11.2. The van der Waals surface area contributed by atoms with Crippen molar-refractivity contribution < 1.29 is 14.7 Å². The smallest absolute Gasteiger partial charge is 0.314 e. The van der Waals surface area contributed by atoms with Crippen molar-refractivity contribution in [2.24, 2.45) is 5.92 Å². The Morgan fingerprint density at radius 3 is 2.69 bits per heavy atom. The third-order valence-corrected chi connectivity index (χ3v) is 2.02. The third kappa shape index (κ3) is 8.88. The first-order valence-corrected chi connectivity index (χ1v) is 5.23. The minimum absolute atomic E-state index is 0.127. The molecular weight excluding hydrogens is 208 g/mol. The number of urea groups is 1. The van der Waals surface area contributed by atoms with E-state index in [4.69, 9.17) is 11.5 Å². The molecule has 1 unspecified atom stereocenters. The van der Waals surface area contributed by atoms with Crippen LogP contribution in [0.5, 0.6) is 0 Å². The molecule has 0 aliphatic rings. The molecule has 3 N–H and O–H groups in total. The second kappa shape index (κ2) is 8.60. The summed E-state index contributed by atoms with van der Waals surface area (Å²) in [5.74, 6) is 1.75. The second-order valence-electron chi connectivity index (χ2n) is 3.63. The van der Waals surface area contributed by atoms with E-state index in [0.29, 0.717) is 25.9 Å². The number of carbonyl (C=O) groups is 2. The Labute approximate surface area is 95.6 Å². The number of carbonyl (C=O) groups excluding carboxylic acids is 1. The molecule has 0 saturated carbocycles. The van der Waals surface area contributed by atoms with Crippen molar-refractivity contribution >= 4 is 12.0 Å². The molecule has 0 aliphatic carbocycles. The minimum Gasteiger partial charge on any atom is -0.481 e. The fraction of sp³-hybridized carbons (Fsp3) is 0.636. The lowest BCUT2D eigenvalue weighted by atomic mass is 10.1. The van der Waals surface area contributed by atoms with Gasteiger partial charge in [0.25, 0.3) is 0 Å². The molecule has 0 aromatic carbocycles. The van der Waals surface area contributed by atoms with Crippen molar-refractivity contribution in [2.45, 2.75) is 26.2 Å². The number of terminal acetylenes is 1. The monoisotopic (exact) mass is 226 g/mol. The molecule has 16 heavy (non-hydrogen) atoms. The Hall–Kier alpha value is -1.70. The van der Waals surface area contributed by atoms with E-state index in [0.717, 1.165) is 0 Å². The zero-order valence-corrected chi connectivity index (χ0v) is 9.45. The lowest BCUT2D eigenvalue weighted by molar-refractivity contribution is -0.137. The SMILES string of the molecule is C#CCCNC(=O)NCC(C)CCC(=O)O. The summed E-state index contributed by atoms with van der Waals surface area (Å²) in [6.07, 6.45) is 6.21. The molecule has 0 heterocycles. The summed E-state index contributed by atoms with van der Waals surface area (Å²) in [7, 11) is 0. The summed E-state index contributed by atoms with van der Waals surface area (Å²) < 4.78 is 0. The van der Waals surface area contributed by atoms with Crippen LogP contribution in [0, 0.1) is 18.3 Å². The molecule has 0 spiro atoms. The maximum atomic E-state index is 11.2. The van der Waals surface area contributed by atoms with E-state index in [1.165, 1.54) is 0 Å². The van der Waals surface area contributed by atoms with Crippen LogP contribution in [0.2, 0.25) is 0 Å². The van der Waals surface area contributed by atoms with E-state index < -0.39 is 5.97 Å². The van der Waals surface area contributed by atoms with Crippen LogP contribution in [0.4, 0.5) is 4.79 Å². The Kier molecular flexibility index (Phi) is 7.68. The van der Waals surface area contributed by atoms with E-state index in [1.807, 2.05) is 6.92 Å². The van der Waals surface area contributed by atoms with Crippen molar-refractivity contribution in [2.75, 3.05) is 13.1 Å². The van der Waals surface area contributed by atoms with E-state index in [9.17, 15) is 9.59 Å².